The molecular weight excluding hydrogens is 512 g/mol. The second-order valence-corrected chi connectivity index (χ2v) is 11.2. The van der Waals surface area contributed by atoms with Gasteiger partial charge in [0.1, 0.15) is 5.69 Å². The molecule has 1 heterocycles. The predicted octanol–water partition coefficient (Wildman–Crippen LogP) is 4.59. The zero-order valence-electron chi connectivity index (χ0n) is 19.1. The van der Waals surface area contributed by atoms with Crippen LogP contribution in [0.2, 0.25) is 0 Å². The minimum absolute atomic E-state index is 0.0423. The van der Waals surface area contributed by atoms with Gasteiger partial charge in [-0.25, -0.2) is 18.4 Å². The third-order valence-electron chi connectivity index (χ3n) is 5.61. The lowest BCUT2D eigenvalue weighted by Crippen LogP contribution is -2.15. The van der Waals surface area contributed by atoms with Crippen LogP contribution in [-0.4, -0.2) is 31.4 Å². The van der Waals surface area contributed by atoms with Crippen molar-refractivity contribution in [3.63, 3.8) is 0 Å². The van der Waals surface area contributed by atoms with Gasteiger partial charge in [-0.05, 0) is 48.0 Å². The third-order valence-corrected chi connectivity index (χ3v) is 7.81. The molecule has 1 aromatic heterocycles. The molecular formula is C26H20N4O5S2. The Labute approximate surface area is 213 Å². The van der Waals surface area contributed by atoms with Gasteiger partial charge in [0.05, 0.1) is 20.8 Å². The van der Waals surface area contributed by atoms with Crippen molar-refractivity contribution >= 4 is 42.7 Å². The molecule has 0 fully saturated rings. The van der Waals surface area contributed by atoms with E-state index in [1.807, 2.05) is 36.4 Å². The number of rotatable bonds is 6. The Balaban J connectivity index is 1.75. The van der Waals surface area contributed by atoms with Crippen LogP contribution >= 0.6 is 0 Å². The summed E-state index contributed by atoms with van der Waals surface area (Å²) in [6.07, 6.45) is 0. The average molecular weight is 533 g/mol. The smallest absolute Gasteiger partial charge is 0.294 e. The van der Waals surface area contributed by atoms with Crippen molar-refractivity contribution in [2.75, 3.05) is 10.5 Å². The highest BCUT2D eigenvalue weighted by atomic mass is 32.2. The normalized spacial score (nSPS) is 11.9. The second-order valence-electron chi connectivity index (χ2n) is 8.14. The van der Waals surface area contributed by atoms with E-state index in [4.69, 9.17) is 10.7 Å². The van der Waals surface area contributed by atoms with Gasteiger partial charge in [-0.3, -0.25) is 9.27 Å². The van der Waals surface area contributed by atoms with Crippen LogP contribution in [0.4, 0.5) is 11.5 Å². The maximum absolute atomic E-state index is 13.2. The number of hydrogen-bond acceptors (Lipinski definition) is 7. The quantitative estimate of drug-likeness (QED) is 0.212. The summed E-state index contributed by atoms with van der Waals surface area (Å²) < 4.78 is 62.0. The minimum atomic E-state index is -4.52. The summed E-state index contributed by atoms with van der Waals surface area (Å²) in [7, 11) is -8.63. The number of nitrogens with two attached hydrogens (primary N) is 1. The van der Waals surface area contributed by atoms with Gasteiger partial charge in [0.25, 0.3) is 20.1 Å². The van der Waals surface area contributed by atoms with Crippen LogP contribution in [-0.2, 0) is 20.1 Å². The summed E-state index contributed by atoms with van der Waals surface area (Å²) >= 11 is 0. The molecule has 0 atom stereocenters. The van der Waals surface area contributed by atoms with E-state index in [2.05, 4.69) is 9.71 Å². The lowest BCUT2D eigenvalue weighted by Gasteiger charge is -2.15. The summed E-state index contributed by atoms with van der Waals surface area (Å²) in [5.41, 5.74) is 8.95. The van der Waals surface area contributed by atoms with Crippen LogP contribution in [0.15, 0.2) is 107 Å². The molecule has 5 aromatic rings. The van der Waals surface area contributed by atoms with E-state index in [9.17, 15) is 21.4 Å². The fraction of sp³-hybridized carbons (Fsp3) is 0. The lowest BCUT2D eigenvalue weighted by molar-refractivity contribution is 0.483. The first kappa shape index (κ1) is 24.4. The Bertz CT molecular complexity index is 1840. The molecule has 0 saturated heterocycles. The molecule has 11 heteroatoms. The molecule has 0 unspecified atom stereocenters. The number of anilines is 2. The van der Waals surface area contributed by atoms with E-state index in [1.54, 1.807) is 18.2 Å². The van der Waals surface area contributed by atoms with E-state index in [-0.39, 0.29) is 26.9 Å². The largest absolute Gasteiger partial charge is 0.399 e. The average Bonchev–Trinajstić information content (AvgIpc) is 2.88. The van der Waals surface area contributed by atoms with Crippen LogP contribution < -0.4 is 10.5 Å². The maximum Gasteiger partial charge on any atom is 0.294 e. The van der Waals surface area contributed by atoms with E-state index >= 15 is 0 Å². The minimum Gasteiger partial charge on any atom is -0.399 e. The summed E-state index contributed by atoms with van der Waals surface area (Å²) in [5.74, 6) is -0.109. The van der Waals surface area contributed by atoms with Gasteiger partial charge in [-0.2, -0.15) is 8.42 Å². The van der Waals surface area contributed by atoms with E-state index < -0.39 is 20.1 Å². The Morgan fingerprint density at radius 3 is 2.08 bits per heavy atom. The highest BCUT2D eigenvalue weighted by molar-refractivity contribution is 7.92. The first-order valence-corrected chi connectivity index (χ1v) is 13.9. The van der Waals surface area contributed by atoms with Gasteiger partial charge in [-0.15, -0.1) is 0 Å². The van der Waals surface area contributed by atoms with Gasteiger partial charge in [0.2, 0.25) is 0 Å². The van der Waals surface area contributed by atoms with Crippen LogP contribution in [0.3, 0.4) is 0 Å². The van der Waals surface area contributed by atoms with Crippen molar-refractivity contribution in [3.8, 4) is 22.4 Å². The number of benzene rings is 4. The topological polar surface area (TPSA) is 152 Å². The molecule has 0 aliphatic heterocycles. The van der Waals surface area contributed by atoms with Crippen LogP contribution in [0.5, 0.6) is 0 Å². The van der Waals surface area contributed by atoms with Crippen molar-refractivity contribution in [1.82, 2.24) is 9.97 Å². The van der Waals surface area contributed by atoms with Gasteiger partial charge in [0.15, 0.2) is 5.82 Å². The van der Waals surface area contributed by atoms with Crippen LogP contribution in [0.1, 0.15) is 0 Å². The number of hydrogen-bond donors (Lipinski definition) is 3. The predicted molar refractivity (Wildman–Crippen MR) is 142 cm³/mol. The zero-order chi connectivity index (χ0) is 26.2. The fourth-order valence-electron chi connectivity index (χ4n) is 3.84. The van der Waals surface area contributed by atoms with Gasteiger partial charge >= 0.3 is 0 Å². The summed E-state index contributed by atoms with van der Waals surface area (Å²) in [4.78, 5) is 8.91. The Hall–Kier alpha value is -4.32. The Morgan fingerprint density at radius 2 is 1.38 bits per heavy atom. The second kappa shape index (κ2) is 9.28. The molecule has 9 nitrogen and oxygen atoms in total. The van der Waals surface area contributed by atoms with Crippen LogP contribution in [0.25, 0.3) is 33.4 Å². The van der Waals surface area contributed by atoms with E-state index in [0.29, 0.717) is 16.7 Å². The highest BCUT2D eigenvalue weighted by Gasteiger charge is 2.22. The number of nitrogens with one attached hydrogen (secondary N) is 1. The van der Waals surface area contributed by atoms with Crippen molar-refractivity contribution in [3.05, 3.63) is 97.1 Å². The molecule has 0 amide bonds. The van der Waals surface area contributed by atoms with Crippen molar-refractivity contribution in [1.29, 1.82) is 0 Å². The molecule has 0 spiro atoms. The van der Waals surface area contributed by atoms with Gasteiger partial charge in [-0.1, -0.05) is 54.6 Å². The number of fused-ring (bicyclic) bond motifs is 1. The summed E-state index contributed by atoms with van der Waals surface area (Å²) in [6, 6.07) is 25.9. The third kappa shape index (κ3) is 5.00. The molecule has 186 valence electrons. The molecule has 4 N–H and O–H groups in total. The van der Waals surface area contributed by atoms with Crippen molar-refractivity contribution in [2.45, 2.75) is 9.79 Å². The molecule has 0 bridgehead atoms. The Kier molecular flexibility index (Phi) is 6.12. The van der Waals surface area contributed by atoms with Crippen LogP contribution in [0, 0.1) is 0 Å². The molecule has 5 rings (SSSR count). The number of nitrogens with zero attached hydrogens (tertiary/aromatic N) is 2. The number of nitrogen functional groups attached to an aromatic ring is 1. The van der Waals surface area contributed by atoms with E-state index in [1.165, 1.54) is 42.5 Å². The zero-order valence-corrected chi connectivity index (χ0v) is 20.7. The molecule has 4 aromatic carbocycles. The molecule has 0 aliphatic rings. The first-order valence-electron chi connectivity index (χ1n) is 10.9. The molecule has 37 heavy (non-hydrogen) atoms. The number of para-hydroxylation sites is 1. The number of sulfonamides is 1. The first-order chi connectivity index (χ1) is 17.6. The monoisotopic (exact) mass is 532 g/mol. The fourth-order valence-corrected chi connectivity index (χ4v) is 5.37. The number of aromatic nitrogens is 2. The SMILES string of the molecule is Nc1ccc(S(=O)(=O)Nc2nc3cccc(-c4ccccc4)c3nc2-c2cccc(S(=O)(=O)O)c2)cc1. The summed E-state index contributed by atoms with van der Waals surface area (Å²) in [6.45, 7) is 0. The van der Waals surface area contributed by atoms with E-state index in [0.717, 1.165) is 11.1 Å². The van der Waals surface area contributed by atoms with Crippen molar-refractivity contribution in [2.24, 2.45) is 0 Å². The lowest BCUT2D eigenvalue weighted by atomic mass is 10.0. The maximum atomic E-state index is 13.2. The van der Waals surface area contributed by atoms with Gasteiger partial charge in [0, 0.05) is 16.8 Å². The molecule has 0 saturated carbocycles. The highest BCUT2D eigenvalue weighted by Crippen LogP contribution is 2.34. The Morgan fingerprint density at radius 1 is 0.703 bits per heavy atom. The van der Waals surface area contributed by atoms with Gasteiger partial charge < -0.3 is 5.73 Å². The standard InChI is InChI=1S/C26H20N4O5S2/c27-19-12-14-20(15-13-19)36(31,32)30-26-24(18-8-4-9-21(16-18)37(33,34)35)29-25-22(10-5-11-23(25)28-26)17-6-2-1-3-7-17/h1-16H,27H2,(H,28,30)(H,33,34,35). The van der Waals surface area contributed by atoms with Crippen molar-refractivity contribution < 1.29 is 21.4 Å². The summed E-state index contributed by atoms with van der Waals surface area (Å²) in [5, 5.41) is 0. The molecule has 0 radical (unpaired) electrons. The molecule has 0 aliphatic carbocycles.